The number of nitrogens with zero attached hydrogens (tertiary/aromatic N) is 3. The van der Waals surface area contributed by atoms with Crippen LogP contribution in [0.1, 0.15) is 33.7 Å². The van der Waals surface area contributed by atoms with Crippen LogP contribution in [-0.4, -0.2) is 45.6 Å². The van der Waals surface area contributed by atoms with Crippen LogP contribution in [-0.2, 0) is 9.68 Å². The molecule has 3 heterocycles. The Balaban J connectivity index is 0.000000202. The van der Waals surface area contributed by atoms with Crippen molar-refractivity contribution in [3.05, 3.63) is 56.0 Å². The van der Waals surface area contributed by atoms with Gasteiger partial charge < -0.3 is 19.9 Å². The molecule has 2 aliphatic heterocycles. The number of thiophene rings is 1. The molecule has 1 aromatic heterocycles. The summed E-state index contributed by atoms with van der Waals surface area (Å²) in [6.07, 6.45) is -11.7. The SMILES string of the molecule is Cc1cc(C2=NOC(O)(C(F)(F)F)C2)c(F)cc1Cl.N#Cc1ccc(C2=NOC(O)(C(F)(F)F)C2)s1. The highest BCUT2D eigenvalue weighted by Crippen LogP contribution is 2.40. The Morgan fingerprint density at radius 1 is 1.00 bits per heavy atom. The molecule has 0 saturated heterocycles. The monoisotopic (exact) mass is 559 g/mol. The van der Waals surface area contributed by atoms with E-state index in [9.17, 15) is 40.9 Å². The zero-order valence-corrected chi connectivity index (χ0v) is 19.3. The maximum absolute atomic E-state index is 13.6. The number of rotatable bonds is 2. The first-order valence-electron chi connectivity index (χ1n) is 9.54. The highest BCUT2D eigenvalue weighted by molar-refractivity contribution is 7.14. The molecule has 194 valence electrons. The van der Waals surface area contributed by atoms with Crippen molar-refractivity contribution in [3.8, 4) is 6.07 Å². The predicted octanol–water partition coefficient (Wildman–Crippen LogP) is 5.16. The van der Waals surface area contributed by atoms with Gasteiger partial charge in [-0.05, 0) is 36.8 Å². The van der Waals surface area contributed by atoms with Gasteiger partial charge in [0.15, 0.2) is 0 Å². The largest absolute Gasteiger partial charge is 0.458 e. The smallest absolute Gasteiger partial charge is 0.350 e. The number of hydrogen-bond donors (Lipinski definition) is 2. The minimum absolute atomic E-state index is 0.0173. The Morgan fingerprint density at radius 2 is 1.53 bits per heavy atom. The molecule has 16 heteroatoms. The van der Waals surface area contributed by atoms with Crippen LogP contribution in [0.5, 0.6) is 0 Å². The van der Waals surface area contributed by atoms with Crippen molar-refractivity contribution < 1.29 is 50.6 Å². The zero-order valence-electron chi connectivity index (χ0n) is 17.7. The van der Waals surface area contributed by atoms with E-state index in [1.807, 2.05) is 6.07 Å². The number of hydrogen-bond acceptors (Lipinski definition) is 8. The van der Waals surface area contributed by atoms with Crippen molar-refractivity contribution in [2.24, 2.45) is 10.3 Å². The summed E-state index contributed by atoms with van der Waals surface area (Å²) in [6, 6.07) is 7.02. The molecule has 0 saturated carbocycles. The van der Waals surface area contributed by atoms with Gasteiger partial charge >= 0.3 is 23.9 Å². The molecule has 0 fully saturated rings. The standard InChI is InChI=1S/C11H8ClF4NO2.C9H5F3N2O2S/c1-5-2-6(8(13)3-7(5)12)9-4-10(18,19-17-9)11(14,15)16;10-9(11,12)8(15)3-6(14-16-8)7-2-1-5(4-13)17-7/h2-3,18H,4H2,1H3;1-2,15H,3H2. The lowest BCUT2D eigenvalue weighted by Crippen LogP contribution is -2.45. The van der Waals surface area contributed by atoms with Gasteiger partial charge in [-0.1, -0.05) is 21.9 Å². The molecular formula is C20H13ClF7N3O4S. The van der Waals surface area contributed by atoms with E-state index in [4.69, 9.17) is 16.9 Å². The van der Waals surface area contributed by atoms with Crippen LogP contribution in [0, 0.1) is 24.1 Å². The maximum atomic E-state index is 13.6. The Kier molecular flexibility index (Phi) is 7.30. The van der Waals surface area contributed by atoms with Crippen LogP contribution in [0.25, 0.3) is 0 Å². The molecule has 0 spiro atoms. The molecule has 2 aromatic rings. The summed E-state index contributed by atoms with van der Waals surface area (Å²) in [7, 11) is 0. The van der Waals surface area contributed by atoms with E-state index < -0.39 is 42.6 Å². The van der Waals surface area contributed by atoms with Gasteiger partial charge in [-0.25, -0.2) is 4.39 Å². The molecule has 2 atom stereocenters. The van der Waals surface area contributed by atoms with Crippen LogP contribution >= 0.6 is 22.9 Å². The molecule has 2 aliphatic rings. The fourth-order valence-electron chi connectivity index (χ4n) is 2.86. The lowest BCUT2D eigenvalue weighted by Gasteiger charge is -2.22. The molecule has 2 N–H and O–H groups in total. The fraction of sp³-hybridized carbons (Fsp3) is 0.350. The van der Waals surface area contributed by atoms with Gasteiger partial charge in [0.1, 0.15) is 22.5 Å². The van der Waals surface area contributed by atoms with Crippen molar-refractivity contribution in [1.29, 1.82) is 5.26 Å². The van der Waals surface area contributed by atoms with E-state index in [1.54, 1.807) is 6.92 Å². The molecule has 36 heavy (non-hydrogen) atoms. The van der Waals surface area contributed by atoms with Crippen molar-refractivity contribution >= 4 is 34.4 Å². The second kappa shape index (κ2) is 9.51. The summed E-state index contributed by atoms with van der Waals surface area (Å²) < 4.78 is 88.4. The number of aryl methyl sites for hydroxylation is 1. The van der Waals surface area contributed by atoms with Crippen LogP contribution in [0.2, 0.25) is 5.02 Å². The average Bonchev–Trinajstić information content (AvgIpc) is 3.49. The van der Waals surface area contributed by atoms with Crippen molar-refractivity contribution in [2.45, 2.75) is 43.7 Å². The van der Waals surface area contributed by atoms with E-state index in [1.165, 1.54) is 18.2 Å². The minimum Gasteiger partial charge on any atom is -0.350 e. The van der Waals surface area contributed by atoms with Gasteiger partial charge in [-0.3, -0.25) is 0 Å². The fourth-order valence-corrected chi connectivity index (χ4v) is 3.79. The van der Waals surface area contributed by atoms with Crippen LogP contribution < -0.4 is 0 Å². The third-order valence-corrected chi connectivity index (χ3v) is 6.32. The van der Waals surface area contributed by atoms with E-state index >= 15 is 0 Å². The van der Waals surface area contributed by atoms with E-state index in [0.29, 0.717) is 15.3 Å². The van der Waals surface area contributed by atoms with Crippen molar-refractivity contribution in [3.63, 3.8) is 0 Å². The molecule has 0 aliphatic carbocycles. The third kappa shape index (κ3) is 5.41. The zero-order chi connectivity index (χ0) is 27.1. The van der Waals surface area contributed by atoms with Crippen molar-refractivity contribution in [1.82, 2.24) is 0 Å². The number of oxime groups is 2. The lowest BCUT2D eigenvalue weighted by molar-refractivity contribution is -0.355. The summed E-state index contributed by atoms with van der Waals surface area (Å²) in [5, 5.41) is 33.5. The van der Waals surface area contributed by atoms with Gasteiger partial charge in [0.2, 0.25) is 0 Å². The summed E-state index contributed by atoms with van der Waals surface area (Å²) in [5.41, 5.74) is -0.0429. The normalized spacial score (nSPS) is 23.6. The molecule has 7 nitrogen and oxygen atoms in total. The van der Waals surface area contributed by atoms with Gasteiger partial charge in [0.25, 0.3) is 0 Å². The van der Waals surface area contributed by atoms with Gasteiger partial charge in [-0.15, -0.1) is 11.3 Å². The Morgan fingerprint density at radius 3 is 2.00 bits per heavy atom. The van der Waals surface area contributed by atoms with Crippen LogP contribution in [0.15, 0.2) is 34.6 Å². The molecular weight excluding hydrogens is 547 g/mol. The predicted molar refractivity (Wildman–Crippen MR) is 112 cm³/mol. The molecule has 2 unspecified atom stereocenters. The first-order valence-corrected chi connectivity index (χ1v) is 10.7. The Labute approximate surface area is 206 Å². The van der Waals surface area contributed by atoms with E-state index in [2.05, 4.69) is 20.0 Å². The highest BCUT2D eigenvalue weighted by atomic mass is 35.5. The summed E-state index contributed by atoms with van der Waals surface area (Å²) >= 11 is 6.67. The van der Waals surface area contributed by atoms with Crippen LogP contribution in [0.3, 0.4) is 0 Å². The first kappa shape index (κ1) is 27.7. The highest BCUT2D eigenvalue weighted by Gasteiger charge is 2.61. The maximum Gasteiger partial charge on any atom is 0.458 e. The minimum atomic E-state index is -5.02. The molecule has 1 aromatic carbocycles. The number of benzene rings is 1. The molecule has 0 radical (unpaired) electrons. The van der Waals surface area contributed by atoms with Crippen LogP contribution in [0.4, 0.5) is 30.7 Å². The Hall–Kier alpha value is -2.93. The van der Waals surface area contributed by atoms with Gasteiger partial charge in [0.05, 0.1) is 23.4 Å². The molecule has 0 amide bonds. The second-order valence-electron chi connectivity index (χ2n) is 7.53. The second-order valence-corrected chi connectivity index (χ2v) is 9.02. The molecule has 0 bridgehead atoms. The number of aliphatic hydroxyl groups is 2. The topological polar surface area (TPSA) is 107 Å². The summed E-state index contributed by atoms with van der Waals surface area (Å²) in [5.74, 6) is -7.51. The number of nitriles is 1. The van der Waals surface area contributed by atoms with Gasteiger partial charge in [-0.2, -0.15) is 31.6 Å². The van der Waals surface area contributed by atoms with E-state index in [0.717, 1.165) is 17.4 Å². The van der Waals surface area contributed by atoms with Crippen molar-refractivity contribution in [2.75, 3.05) is 0 Å². The number of halogens is 8. The quantitative estimate of drug-likeness (QED) is 0.495. The van der Waals surface area contributed by atoms with Gasteiger partial charge in [0, 0.05) is 10.6 Å². The molecule has 4 rings (SSSR count). The first-order chi connectivity index (χ1) is 16.5. The summed E-state index contributed by atoms with van der Waals surface area (Å²) in [6.45, 7) is 1.57. The average molecular weight is 560 g/mol. The summed E-state index contributed by atoms with van der Waals surface area (Å²) in [4.78, 5) is 8.80. The number of alkyl halides is 6. The van der Waals surface area contributed by atoms with E-state index in [-0.39, 0.29) is 22.0 Å². The third-order valence-electron chi connectivity index (χ3n) is 4.87. The lowest BCUT2D eigenvalue weighted by atomic mass is 10.0. The Bertz CT molecular complexity index is 1270.